The molecule has 5 nitrogen and oxygen atoms in total. The molecule has 0 aliphatic rings. The molecule has 1 unspecified atom stereocenters. The minimum absolute atomic E-state index is 0.0758. The van der Waals surface area contributed by atoms with Gasteiger partial charge in [0.15, 0.2) is 11.7 Å². The monoisotopic (exact) mass is 278 g/mol. The Labute approximate surface area is 114 Å². The van der Waals surface area contributed by atoms with Crippen molar-refractivity contribution >= 4 is 22.4 Å². The first-order valence-corrected chi connectivity index (χ1v) is 6.64. The van der Waals surface area contributed by atoms with Gasteiger partial charge in [-0.1, -0.05) is 18.2 Å². The molecule has 1 heterocycles. The van der Waals surface area contributed by atoms with Gasteiger partial charge in [-0.25, -0.2) is 4.98 Å². The first kappa shape index (κ1) is 13.5. The molecule has 2 rings (SSSR count). The molecule has 1 aromatic carbocycles. The number of thiazole rings is 1. The lowest BCUT2D eigenvalue weighted by atomic mass is 10.3. The molecule has 0 fully saturated rings. The van der Waals surface area contributed by atoms with E-state index >= 15 is 0 Å². The third kappa shape index (κ3) is 4.04. The predicted octanol–water partition coefficient (Wildman–Crippen LogP) is 2.21. The van der Waals surface area contributed by atoms with Crippen molar-refractivity contribution in [3.63, 3.8) is 0 Å². The van der Waals surface area contributed by atoms with Gasteiger partial charge in [0.25, 0.3) is 5.91 Å². The van der Waals surface area contributed by atoms with E-state index in [1.165, 1.54) is 11.3 Å². The predicted molar refractivity (Wildman–Crippen MR) is 73.3 cm³/mol. The Hall–Kier alpha value is -1.92. The number of ether oxygens (including phenoxy) is 1. The highest BCUT2D eigenvalue weighted by molar-refractivity contribution is 7.13. The number of aromatic nitrogens is 1. The molecular weight excluding hydrogens is 264 g/mol. The Kier molecular flexibility index (Phi) is 4.48. The van der Waals surface area contributed by atoms with Crippen molar-refractivity contribution in [2.24, 2.45) is 0 Å². The van der Waals surface area contributed by atoms with E-state index in [-0.39, 0.29) is 12.5 Å². The topological polar surface area (TPSA) is 71.5 Å². The Balaban J connectivity index is 1.84. The summed E-state index contributed by atoms with van der Waals surface area (Å²) >= 11 is 1.27. The zero-order valence-corrected chi connectivity index (χ0v) is 11.2. The Morgan fingerprint density at radius 3 is 2.84 bits per heavy atom. The van der Waals surface area contributed by atoms with Crippen LogP contribution in [-0.2, 0) is 4.79 Å². The SMILES string of the molecule is CC(O)c1csc(NC(=O)COc2ccccc2)n1. The summed E-state index contributed by atoms with van der Waals surface area (Å²) in [6, 6.07) is 9.11. The van der Waals surface area contributed by atoms with Crippen LogP contribution in [0.4, 0.5) is 5.13 Å². The van der Waals surface area contributed by atoms with Gasteiger partial charge in [0.2, 0.25) is 0 Å². The quantitative estimate of drug-likeness (QED) is 0.879. The number of aliphatic hydroxyl groups excluding tert-OH is 1. The Morgan fingerprint density at radius 1 is 1.47 bits per heavy atom. The summed E-state index contributed by atoms with van der Waals surface area (Å²) in [7, 11) is 0. The molecule has 1 aromatic heterocycles. The average Bonchev–Trinajstić information content (AvgIpc) is 2.86. The lowest BCUT2D eigenvalue weighted by Crippen LogP contribution is -2.20. The van der Waals surface area contributed by atoms with E-state index in [0.717, 1.165) is 0 Å². The maximum atomic E-state index is 11.6. The van der Waals surface area contributed by atoms with Crippen LogP contribution >= 0.6 is 11.3 Å². The number of nitrogens with zero attached hydrogens (tertiary/aromatic N) is 1. The van der Waals surface area contributed by atoms with Gasteiger partial charge in [0, 0.05) is 5.38 Å². The number of amides is 1. The number of carbonyl (C=O) groups excluding carboxylic acids is 1. The van der Waals surface area contributed by atoms with Crippen LogP contribution in [0.5, 0.6) is 5.75 Å². The number of hydrogen-bond donors (Lipinski definition) is 2. The van der Waals surface area contributed by atoms with Crippen LogP contribution in [0.25, 0.3) is 0 Å². The number of benzene rings is 1. The standard InChI is InChI=1S/C13H14N2O3S/c1-9(16)11-8-19-13(14-11)15-12(17)7-18-10-5-3-2-4-6-10/h2-6,8-9,16H,7H2,1H3,(H,14,15,17). The molecule has 1 amide bonds. The highest BCUT2D eigenvalue weighted by Gasteiger charge is 2.09. The summed E-state index contributed by atoms with van der Waals surface area (Å²) in [4.78, 5) is 15.7. The summed E-state index contributed by atoms with van der Waals surface area (Å²) in [5, 5.41) is 14.1. The Bertz CT molecular complexity index is 540. The van der Waals surface area contributed by atoms with Crippen LogP contribution in [0.15, 0.2) is 35.7 Å². The maximum absolute atomic E-state index is 11.6. The number of rotatable bonds is 5. The maximum Gasteiger partial charge on any atom is 0.264 e. The van der Waals surface area contributed by atoms with Crippen molar-refractivity contribution in [1.82, 2.24) is 4.98 Å². The second kappa shape index (κ2) is 6.31. The third-order valence-corrected chi connectivity index (χ3v) is 3.09. The smallest absolute Gasteiger partial charge is 0.264 e. The normalized spacial score (nSPS) is 11.9. The lowest BCUT2D eigenvalue weighted by molar-refractivity contribution is -0.118. The zero-order chi connectivity index (χ0) is 13.7. The van der Waals surface area contributed by atoms with E-state index in [1.807, 2.05) is 18.2 Å². The second-order valence-electron chi connectivity index (χ2n) is 3.90. The number of nitrogens with one attached hydrogen (secondary N) is 1. The van der Waals surface area contributed by atoms with Crippen LogP contribution in [0.2, 0.25) is 0 Å². The molecule has 0 aliphatic carbocycles. The zero-order valence-electron chi connectivity index (χ0n) is 10.4. The molecule has 2 aromatic rings. The molecule has 0 spiro atoms. The van der Waals surface area contributed by atoms with Crippen LogP contribution in [0.3, 0.4) is 0 Å². The average molecular weight is 278 g/mol. The summed E-state index contributed by atoms with van der Waals surface area (Å²) in [5.41, 5.74) is 0.546. The first-order chi connectivity index (χ1) is 9.15. The van der Waals surface area contributed by atoms with E-state index in [4.69, 9.17) is 4.74 Å². The van der Waals surface area contributed by atoms with Crippen molar-refractivity contribution in [3.8, 4) is 5.75 Å². The van der Waals surface area contributed by atoms with Gasteiger partial charge in [0.1, 0.15) is 5.75 Å². The third-order valence-electron chi connectivity index (χ3n) is 2.31. The molecule has 2 N–H and O–H groups in total. The molecule has 6 heteroatoms. The number of aliphatic hydroxyl groups is 1. The second-order valence-corrected chi connectivity index (χ2v) is 4.76. The Morgan fingerprint density at radius 2 is 2.21 bits per heavy atom. The molecule has 19 heavy (non-hydrogen) atoms. The van der Waals surface area contributed by atoms with Crippen molar-refractivity contribution in [2.75, 3.05) is 11.9 Å². The van der Waals surface area contributed by atoms with Gasteiger partial charge < -0.3 is 9.84 Å². The van der Waals surface area contributed by atoms with Gasteiger partial charge in [-0.15, -0.1) is 11.3 Å². The highest BCUT2D eigenvalue weighted by Crippen LogP contribution is 2.20. The van der Waals surface area contributed by atoms with Crippen molar-refractivity contribution in [1.29, 1.82) is 0 Å². The summed E-state index contributed by atoms with van der Waals surface area (Å²) in [5.74, 6) is 0.358. The van der Waals surface area contributed by atoms with Crippen LogP contribution in [-0.4, -0.2) is 22.6 Å². The molecule has 0 radical (unpaired) electrons. The van der Waals surface area contributed by atoms with Gasteiger partial charge in [-0.2, -0.15) is 0 Å². The number of carbonyl (C=O) groups is 1. The fourth-order valence-electron chi connectivity index (χ4n) is 1.36. The molecule has 0 saturated heterocycles. The largest absolute Gasteiger partial charge is 0.484 e. The van der Waals surface area contributed by atoms with Crippen LogP contribution in [0, 0.1) is 0 Å². The van der Waals surface area contributed by atoms with E-state index in [9.17, 15) is 9.90 Å². The van der Waals surface area contributed by atoms with Crippen LogP contribution < -0.4 is 10.1 Å². The van der Waals surface area contributed by atoms with Gasteiger partial charge >= 0.3 is 0 Å². The van der Waals surface area contributed by atoms with E-state index in [1.54, 1.807) is 24.4 Å². The molecular formula is C13H14N2O3S. The van der Waals surface area contributed by atoms with Crippen LogP contribution in [0.1, 0.15) is 18.7 Å². The van der Waals surface area contributed by atoms with Crippen molar-refractivity contribution in [2.45, 2.75) is 13.0 Å². The summed E-state index contributed by atoms with van der Waals surface area (Å²) < 4.78 is 5.31. The first-order valence-electron chi connectivity index (χ1n) is 5.76. The fourth-order valence-corrected chi connectivity index (χ4v) is 2.17. The van der Waals surface area contributed by atoms with Crippen molar-refractivity contribution in [3.05, 3.63) is 41.4 Å². The van der Waals surface area contributed by atoms with Gasteiger partial charge in [-0.3, -0.25) is 10.1 Å². The molecule has 0 saturated carbocycles. The minimum Gasteiger partial charge on any atom is -0.484 e. The number of anilines is 1. The fraction of sp³-hybridized carbons (Fsp3) is 0.231. The summed E-state index contributed by atoms with van der Waals surface area (Å²) in [6.45, 7) is 1.55. The van der Waals surface area contributed by atoms with E-state index < -0.39 is 6.10 Å². The molecule has 1 atom stereocenters. The molecule has 0 aliphatic heterocycles. The number of hydrogen-bond acceptors (Lipinski definition) is 5. The number of para-hydroxylation sites is 1. The molecule has 0 bridgehead atoms. The van der Waals surface area contributed by atoms with Crippen molar-refractivity contribution < 1.29 is 14.6 Å². The van der Waals surface area contributed by atoms with E-state index in [0.29, 0.717) is 16.6 Å². The van der Waals surface area contributed by atoms with E-state index in [2.05, 4.69) is 10.3 Å². The van der Waals surface area contributed by atoms with Gasteiger partial charge in [-0.05, 0) is 19.1 Å². The highest BCUT2D eigenvalue weighted by atomic mass is 32.1. The molecule has 100 valence electrons. The van der Waals surface area contributed by atoms with Gasteiger partial charge in [0.05, 0.1) is 11.8 Å². The lowest BCUT2D eigenvalue weighted by Gasteiger charge is -2.05. The summed E-state index contributed by atoms with van der Waals surface area (Å²) in [6.07, 6.45) is -0.637. The minimum atomic E-state index is -0.637.